The topological polar surface area (TPSA) is 8.17 Å². The first kappa shape index (κ1) is 45.9. The number of hydrogen-bond acceptors (Lipinski definition) is 1. The van der Waals surface area contributed by atoms with E-state index in [-0.39, 0.29) is 0 Å². The summed E-state index contributed by atoms with van der Waals surface area (Å²) < 4.78 is 2.53. The summed E-state index contributed by atoms with van der Waals surface area (Å²) in [4.78, 5) is 2.52. The number of aromatic nitrogens is 1. The molecule has 388 valence electrons. The van der Waals surface area contributed by atoms with Gasteiger partial charge in [0.1, 0.15) is 0 Å². The molecule has 2 nitrogen and oxygen atoms in total. The van der Waals surface area contributed by atoms with E-state index < -0.39 is 10.8 Å². The van der Waals surface area contributed by atoms with E-state index >= 15 is 0 Å². The predicted octanol–water partition coefficient (Wildman–Crippen LogP) is 20.9. The van der Waals surface area contributed by atoms with Crippen LogP contribution in [0, 0.1) is 0 Å². The van der Waals surface area contributed by atoms with Crippen molar-refractivity contribution in [1.82, 2.24) is 4.57 Å². The minimum atomic E-state index is -0.521. The Morgan fingerprint density at radius 1 is 0.262 bits per heavy atom. The highest BCUT2D eigenvalue weighted by molar-refractivity contribution is 6.13. The molecular weight excluding hydrogens is 1010 g/mol. The van der Waals surface area contributed by atoms with E-state index in [4.69, 9.17) is 0 Å². The third-order valence-electron chi connectivity index (χ3n) is 19.6. The number of fused-ring (bicyclic) bond motifs is 24. The van der Waals surface area contributed by atoms with Crippen LogP contribution in [0.2, 0.25) is 0 Å². The lowest BCUT2D eigenvalue weighted by molar-refractivity contribution is 0.749. The zero-order valence-electron chi connectivity index (χ0n) is 45.8. The highest BCUT2D eigenvalue weighted by Gasteiger charge is 2.53. The van der Waals surface area contributed by atoms with E-state index in [0.29, 0.717) is 0 Å². The molecule has 2 heteroatoms. The van der Waals surface area contributed by atoms with Gasteiger partial charge in [-0.3, -0.25) is 0 Å². The summed E-state index contributed by atoms with van der Waals surface area (Å²) in [5, 5.41) is 7.45. The van der Waals surface area contributed by atoms with E-state index in [2.05, 4.69) is 313 Å². The van der Waals surface area contributed by atoms with Crippen molar-refractivity contribution in [2.45, 2.75) is 10.8 Å². The van der Waals surface area contributed by atoms with Crippen molar-refractivity contribution in [3.63, 3.8) is 0 Å². The van der Waals surface area contributed by atoms with E-state index in [1.807, 2.05) is 0 Å². The lowest BCUT2D eigenvalue weighted by atomic mass is 9.65. The second kappa shape index (κ2) is 16.9. The zero-order valence-corrected chi connectivity index (χ0v) is 45.8. The summed E-state index contributed by atoms with van der Waals surface area (Å²) in [6.07, 6.45) is 0. The molecule has 2 heterocycles. The summed E-state index contributed by atoms with van der Waals surface area (Å²) in [5.41, 5.74) is 29.4. The first-order chi connectivity index (χ1) is 41.7. The second-order valence-corrected chi connectivity index (χ2v) is 23.4. The van der Waals surface area contributed by atoms with Gasteiger partial charge in [0.25, 0.3) is 0 Å². The molecule has 84 heavy (non-hydrogen) atoms. The Morgan fingerprint density at radius 2 is 0.750 bits per heavy atom. The third-order valence-corrected chi connectivity index (χ3v) is 19.6. The Labute approximate surface area is 487 Å². The predicted molar refractivity (Wildman–Crippen MR) is 349 cm³/mol. The van der Waals surface area contributed by atoms with E-state index in [1.54, 1.807) is 0 Å². The highest BCUT2D eigenvalue weighted by atomic mass is 15.1. The molecule has 1 atom stereocenters. The van der Waals surface area contributed by atoms with Crippen LogP contribution in [-0.4, -0.2) is 4.57 Å². The molecular formula is C82H50N2. The maximum atomic E-state index is 2.53. The average molecular weight is 1060 g/mol. The van der Waals surface area contributed by atoms with Crippen LogP contribution in [-0.2, 0) is 10.8 Å². The Kier molecular flexibility index (Phi) is 9.23. The average Bonchev–Trinajstić information content (AvgIpc) is 3.85. The maximum absolute atomic E-state index is 2.53. The van der Waals surface area contributed by atoms with Crippen LogP contribution in [0.4, 0.5) is 17.1 Å². The molecule has 0 saturated carbocycles. The summed E-state index contributed by atoms with van der Waals surface area (Å²) >= 11 is 0. The molecule has 0 radical (unpaired) electrons. The summed E-state index contributed by atoms with van der Waals surface area (Å²) in [6.45, 7) is 0. The number of nitrogens with zero attached hydrogens (tertiary/aromatic N) is 2. The summed E-state index contributed by atoms with van der Waals surface area (Å²) in [7, 11) is 0. The van der Waals surface area contributed by atoms with Crippen molar-refractivity contribution in [3.8, 4) is 61.3 Å². The largest absolute Gasteiger partial charge is 0.310 e. The number of hydrogen-bond donors (Lipinski definition) is 0. The Bertz CT molecular complexity index is 5300. The van der Waals surface area contributed by atoms with Gasteiger partial charge in [0.15, 0.2) is 0 Å². The number of rotatable bonds is 5. The number of para-hydroxylation sites is 3. The van der Waals surface area contributed by atoms with Crippen molar-refractivity contribution < 1.29 is 0 Å². The monoisotopic (exact) mass is 1060 g/mol. The van der Waals surface area contributed by atoms with E-state index in [0.717, 1.165) is 17.1 Å². The molecule has 1 unspecified atom stereocenters. The molecule has 2 spiro atoms. The third kappa shape index (κ3) is 5.84. The molecule has 1 aromatic heterocycles. The quantitative estimate of drug-likeness (QED) is 0.167. The Hall–Kier alpha value is -10.8. The summed E-state index contributed by atoms with van der Waals surface area (Å²) in [5.74, 6) is 0. The first-order valence-corrected chi connectivity index (χ1v) is 29.4. The molecule has 3 aliphatic carbocycles. The minimum Gasteiger partial charge on any atom is -0.310 e. The van der Waals surface area contributed by atoms with E-state index in [9.17, 15) is 0 Å². The molecule has 19 rings (SSSR count). The van der Waals surface area contributed by atoms with Gasteiger partial charge in [-0.2, -0.15) is 0 Å². The van der Waals surface area contributed by atoms with Gasteiger partial charge in [-0.15, -0.1) is 0 Å². The molecule has 15 aromatic rings. The Balaban J connectivity index is 0.785. The fraction of sp³-hybridized carbons (Fsp3) is 0.0244. The van der Waals surface area contributed by atoms with Gasteiger partial charge in [0.05, 0.1) is 33.2 Å². The van der Waals surface area contributed by atoms with Gasteiger partial charge >= 0.3 is 0 Å². The van der Waals surface area contributed by atoms with Gasteiger partial charge in [0.2, 0.25) is 0 Å². The summed E-state index contributed by atoms with van der Waals surface area (Å²) in [6, 6.07) is 115. The highest BCUT2D eigenvalue weighted by Crippen LogP contribution is 2.65. The van der Waals surface area contributed by atoms with Crippen molar-refractivity contribution in [3.05, 3.63) is 348 Å². The normalized spacial score (nSPS) is 15.0. The fourth-order valence-electron chi connectivity index (χ4n) is 16.3. The van der Waals surface area contributed by atoms with Crippen molar-refractivity contribution in [2.75, 3.05) is 4.90 Å². The van der Waals surface area contributed by atoms with Gasteiger partial charge in [0, 0.05) is 27.7 Å². The minimum absolute atomic E-state index is 0.466. The van der Waals surface area contributed by atoms with Gasteiger partial charge in [-0.05, 0) is 171 Å². The van der Waals surface area contributed by atoms with Crippen molar-refractivity contribution in [1.29, 1.82) is 0 Å². The standard InChI is InChI=1S/C82H50N2/c1-2-20-59-51(18-1)19-15-26-60(59)52-40-44-57(45-41-52)83(78-37-17-33-73-79(78)67-25-6-11-31-71(67)81(73)68-28-8-3-21-61(68)62-22-4-9-29-69(62)81)58-46-42-54-48-53(38-39-55(54)49-58)56-43-47-64-63-23-5-10-30-70(63)82(75(64)50-56)72-32-12-14-36-77(72)84-76-35-13-7-24-65(76)66-27-16-34-74(82)80(66)84/h1-50H. The van der Waals surface area contributed by atoms with Crippen LogP contribution in [0.5, 0.6) is 0 Å². The van der Waals surface area contributed by atoms with Gasteiger partial charge in [-0.25, -0.2) is 0 Å². The van der Waals surface area contributed by atoms with Crippen LogP contribution < -0.4 is 4.90 Å². The van der Waals surface area contributed by atoms with Gasteiger partial charge < -0.3 is 9.47 Å². The van der Waals surface area contributed by atoms with Gasteiger partial charge in [-0.1, -0.05) is 249 Å². The molecule has 0 fully saturated rings. The molecule has 0 bridgehead atoms. The smallest absolute Gasteiger partial charge is 0.0754 e. The van der Waals surface area contributed by atoms with Crippen molar-refractivity contribution >= 4 is 60.4 Å². The lowest BCUT2D eigenvalue weighted by Gasteiger charge is -2.39. The molecule has 0 saturated heterocycles. The van der Waals surface area contributed by atoms with Crippen LogP contribution >= 0.6 is 0 Å². The Morgan fingerprint density at radius 3 is 1.52 bits per heavy atom. The van der Waals surface area contributed by atoms with Crippen LogP contribution in [0.25, 0.3) is 105 Å². The molecule has 0 N–H and O–H groups in total. The second-order valence-electron chi connectivity index (χ2n) is 23.4. The number of anilines is 3. The van der Waals surface area contributed by atoms with Crippen molar-refractivity contribution in [2.24, 2.45) is 0 Å². The number of benzene rings is 14. The lowest BCUT2D eigenvalue weighted by Crippen LogP contribution is -2.33. The van der Waals surface area contributed by atoms with Crippen LogP contribution in [0.15, 0.2) is 303 Å². The van der Waals surface area contributed by atoms with Crippen LogP contribution in [0.3, 0.4) is 0 Å². The first-order valence-electron chi connectivity index (χ1n) is 29.4. The van der Waals surface area contributed by atoms with E-state index in [1.165, 1.54) is 149 Å². The molecule has 4 aliphatic rings. The molecule has 14 aromatic carbocycles. The van der Waals surface area contributed by atoms with Crippen LogP contribution in [0.1, 0.15) is 44.5 Å². The molecule has 1 aliphatic heterocycles. The zero-order chi connectivity index (χ0) is 54.8. The SMILES string of the molecule is c1ccc2c(c1)-c1ccccc1C21c2ccccc2-c2c(N(c3ccc(-c4cccc5ccccc45)cc3)c3ccc4cc(-c5ccc6c(c5)C5(c7ccccc7-6)c6ccccc6-n6c7ccccc7c7cccc5c76)ccc4c3)cccc21. The maximum Gasteiger partial charge on any atom is 0.0754 e. The molecule has 0 amide bonds. The fourth-order valence-corrected chi connectivity index (χ4v) is 16.3.